The van der Waals surface area contributed by atoms with Crippen molar-refractivity contribution in [2.24, 2.45) is 4.99 Å². The fraction of sp³-hybridized carbons (Fsp3) is 0.529. The Labute approximate surface area is 122 Å². The molecule has 2 atom stereocenters. The second kappa shape index (κ2) is 9.29. The molecule has 20 heavy (non-hydrogen) atoms. The molecule has 0 spiro atoms. The Kier molecular flexibility index (Phi) is 7.63. The van der Waals surface area contributed by atoms with Crippen molar-refractivity contribution < 1.29 is 9.53 Å². The van der Waals surface area contributed by atoms with E-state index in [9.17, 15) is 4.79 Å². The number of rotatable bonds is 8. The van der Waals surface area contributed by atoms with Crippen LogP contribution in [0.3, 0.4) is 0 Å². The Morgan fingerprint density at radius 1 is 1.30 bits per heavy atom. The molecule has 110 valence electrons. The molecule has 1 rings (SSSR count). The number of benzene rings is 1. The zero-order chi connectivity index (χ0) is 14.8. The van der Waals surface area contributed by atoms with Crippen LogP contribution in [0.4, 0.5) is 0 Å². The van der Waals surface area contributed by atoms with Crippen LogP contribution < -0.4 is 0 Å². The van der Waals surface area contributed by atoms with E-state index >= 15 is 0 Å². The lowest BCUT2D eigenvalue weighted by molar-refractivity contribution is 0.0315. The third-order valence-electron chi connectivity index (χ3n) is 3.04. The fourth-order valence-corrected chi connectivity index (χ4v) is 1.96. The third-order valence-corrected chi connectivity index (χ3v) is 3.04. The molecule has 0 aliphatic carbocycles. The van der Waals surface area contributed by atoms with Gasteiger partial charge in [-0.3, -0.25) is 4.99 Å². The monoisotopic (exact) mass is 275 g/mol. The molecule has 2 unspecified atom stereocenters. The van der Waals surface area contributed by atoms with Crippen molar-refractivity contribution in [2.75, 3.05) is 0 Å². The first kappa shape index (κ1) is 16.4. The molecule has 0 radical (unpaired) electrons. The lowest BCUT2D eigenvalue weighted by atomic mass is 10.1. The van der Waals surface area contributed by atoms with E-state index in [1.165, 1.54) is 12.8 Å². The van der Waals surface area contributed by atoms with Gasteiger partial charge in [0.15, 0.2) is 0 Å². The van der Waals surface area contributed by atoms with Gasteiger partial charge in [-0.15, -0.1) is 0 Å². The topological polar surface area (TPSA) is 38.7 Å². The van der Waals surface area contributed by atoms with Gasteiger partial charge in [0.25, 0.3) is 0 Å². The first-order valence-electron chi connectivity index (χ1n) is 7.41. The second-order valence-electron chi connectivity index (χ2n) is 5.14. The Bertz CT molecular complexity index is 414. The normalized spacial score (nSPS) is 14.2. The average molecular weight is 275 g/mol. The lowest BCUT2D eigenvalue weighted by Gasteiger charge is -2.15. The van der Waals surface area contributed by atoms with Crippen molar-refractivity contribution >= 4 is 12.2 Å². The zero-order valence-electron chi connectivity index (χ0n) is 12.7. The van der Waals surface area contributed by atoms with Gasteiger partial charge in [-0.1, -0.05) is 31.5 Å². The van der Waals surface area contributed by atoms with E-state index in [0.29, 0.717) is 5.56 Å². The molecular weight excluding hydrogens is 250 g/mol. The highest BCUT2D eigenvalue weighted by Crippen LogP contribution is 2.09. The van der Waals surface area contributed by atoms with Crippen molar-refractivity contribution in [2.45, 2.75) is 58.6 Å². The highest BCUT2D eigenvalue weighted by atomic mass is 16.5. The Balaban J connectivity index is 2.34. The van der Waals surface area contributed by atoms with Gasteiger partial charge in [-0.25, -0.2) is 4.79 Å². The molecule has 0 amide bonds. The minimum Gasteiger partial charge on any atom is -0.459 e. The van der Waals surface area contributed by atoms with Crippen LogP contribution in [0.15, 0.2) is 35.3 Å². The standard InChI is InChI=1S/C17H25NO2/c1-4-5-9-12-18-14(2)13-15(3)20-17(19)16-10-7-6-8-11-16/h6-8,10-12,14-15H,4-5,9,13H2,1-3H3. The predicted molar refractivity (Wildman–Crippen MR) is 83.4 cm³/mol. The minimum atomic E-state index is -0.264. The van der Waals surface area contributed by atoms with Crippen molar-refractivity contribution in [3.05, 3.63) is 35.9 Å². The predicted octanol–water partition coefficient (Wildman–Crippen LogP) is 4.27. The Morgan fingerprint density at radius 3 is 2.65 bits per heavy atom. The summed E-state index contributed by atoms with van der Waals surface area (Å²) in [6, 6.07) is 9.27. The molecular formula is C17H25NO2. The Morgan fingerprint density at radius 2 is 2.00 bits per heavy atom. The van der Waals surface area contributed by atoms with E-state index in [-0.39, 0.29) is 18.1 Å². The van der Waals surface area contributed by atoms with Gasteiger partial charge in [0.1, 0.15) is 6.10 Å². The van der Waals surface area contributed by atoms with Crippen LogP contribution >= 0.6 is 0 Å². The molecule has 1 aromatic carbocycles. The smallest absolute Gasteiger partial charge is 0.338 e. The van der Waals surface area contributed by atoms with Gasteiger partial charge in [-0.2, -0.15) is 0 Å². The number of unbranched alkanes of at least 4 members (excludes halogenated alkanes) is 2. The van der Waals surface area contributed by atoms with Gasteiger partial charge in [0.2, 0.25) is 0 Å². The minimum absolute atomic E-state index is 0.124. The van der Waals surface area contributed by atoms with Gasteiger partial charge < -0.3 is 4.74 Å². The number of ether oxygens (including phenoxy) is 1. The number of esters is 1. The largest absolute Gasteiger partial charge is 0.459 e. The molecule has 1 aromatic rings. The summed E-state index contributed by atoms with van der Waals surface area (Å²) in [4.78, 5) is 16.3. The van der Waals surface area contributed by atoms with Gasteiger partial charge in [0.05, 0.1) is 11.6 Å². The number of hydrogen-bond acceptors (Lipinski definition) is 3. The van der Waals surface area contributed by atoms with Crippen LogP contribution in [0.25, 0.3) is 0 Å². The molecule has 0 saturated carbocycles. The first-order chi connectivity index (χ1) is 9.63. The maximum Gasteiger partial charge on any atom is 0.338 e. The van der Waals surface area contributed by atoms with E-state index in [1.54, 1.807) is 12.1 Å². The summed E-state index contributed by atoms with van der Waals surface area (Å²) in [5.74, 6) is -0.264. The first-order valence-corrected chi connectivity index (χ1v) is 7.41. The molecule has 0 heterocycles. The summed E-state index contributed by atoms with van der Waals surface area (Å²) in [7, 11) is 0. The summed E-state index contributed by atoms with van der Waals surface area (Å²) >= 11 is 0. The summed E-state index contributed by atoms with van der Waals surface area (Å²) in [5, 5.41) is 0. The van der Waals surface area contributed by atoms with E-state index in [0.717, 1.165) is 12.8 Å². The maximum atomic E-state index is 11.9. The van der Waals surface area contributed by atoms with Crippen LogP contribution in [0.2, 0.25) is 0 Å². The summed E-state index contributed by atoms with van der Waals surface area (Å²) < 4.78 is 5.42. The average Bonchev–Trinajstić information content (AvgIpc) is 2.44. The maximum absolute atomic E-state index is 11.9. The van der Waals surface area contributed by atoms with Gasteiger partial charge in [0, 0.05) is 6.42 Å². The lowest BCUT2D eigenvalue weighted by Crippen LogP contribution is -2.19. The number of hydrogen-bond donors (Lipinski definition) is 0. The second-order valence-corrected chi connectivity index (χ2v) is 5.14. The van der Waals surface area contributed by atoms with E-state index in [4.69, 9.17) is 4.74 Å². The van der Waals surface area contributed by atoms with Crippen LogP contribution in [-0.2, 0) is 4.74 Å². The molecule has 0 N–H and O–H groups in total. The van der Waals surface area contributed by atoms with Crippen LogP contribution in [-0.4, -0.2) is 24.3 Å². The molecule has 0 aliphatic heterocycles. The molecule has 3 nitrogen and oxygen atoms in total. The van der Waals surface area contributed by atoms with Gasteiger partial charge >= 0.3 is 5.97 Å². The highest BCUT2D eigenvalue weighted by molar-refractivity contribution is 5.89. The summed E-state index contributed by atoms with van der Waals surface area (Å²) in [5.41, 5.74) is 0.596. The molecule has 0 bridgehead atoms. The van der Waals surface area contributed by atoms with Crippen LogP contribution in [0.1, 0.15) is 56.8 Å². The number of aliphatic imine (C=N–C) groups is 1. The van der Waals surface area contributed by atoms with Crippen molar-refractivity contribution in [3.63, 3.8) is 0 Å². The van der Waals surface area contributed by atoms with Gasteiger partial charge in [-0.05, 0) is 45.0 Å². The third kappa shape index (κ3) is 6.50. The number of carbonyl (C=O) groups excluding carboxylic acids is 1. The molecule has 0 aliphatic rings. The van der Waals surface area contributed by atoms with Crippen LogP contribution in [0.5, 0.6) is 0 Å². The van der Waals surface area contributed by atoms with Crippen LogP contribution in [0, 0.1) is 0 Å². The van der Waals surface area contributed by atoms with E-state index in [2.05, 4.69) is 18.8 Å². The highest BCUT2D eigenvalue weighted by Gasteiger charge is 2.13. The molecule has 3 heteroatoms. The van der Waals surface area contributed by atoms with Crippen molar-refractivity contribution in [1.82, 2.24) is 0 Å². The SMILES string of the molecule is CCCCC=NC(C)CC(C)OC(=O)c1ccccc1. The molecule has 0 fully saturated rings. The summed E-state index contributed by atoms with van der Waals surface area (Å²) in [6.07, 6.45) is 6.00. The number of carbonyl (C=O) groups is 1. The quantitative estimate of drug-likeness (QED) is 0.403. The van der Waals surface area contributed by atoms with Crippen molar-refractivity contribution in [3.8, 4) is 0 Å². The molecule has 0 aromatic heterocycles. The fourth-order valence-electron chi connectivity index (χ4n) is 1.96. The summed E-state index contributed by atoms with van der Waals surface area (Å²) in [6.45, 7) is 6.14. The van der Waals surface area contributed by atoms with Crippen molar-refractivity contribution in [1.29, 1.82) is 0 Å². The number of nitrogens with zero attached hydrogens (tertiary/aromatic N) is 1. The van der Waals surface area contributed by atoms with E-state index in [1.807, 2.05) is 31.3 Å². The molecule has 0 saturated heterocycles. The Hall–Kier alpha value is -1.64. The zero-order valence-corrected chi connectivity index (χ0v) is 12.7. The van der Waals surface area contributed by atoms with E-state index < -0.39 is 0 Å².